The van der Waals surface area contributed by atoms with Crippen molar-refractivity contribution in [1.82, 2.24) is 10.2 Å². The fraction of sp³-hybridized carbons (Fsp3) is 0.667. The van der Waals surface area contributed by atoms with Crippen LogP contribution in [-0.4, -0.2) is 29.3 Å². The van der Waals surface area contributed by atoms with Gasteiger partial charge in [-0.1, -0.05) is 11.6 Å². The molecule has 1 spiro atoms. The molecule has 5 heteroatoms. The second kappa shape index (κ2) is 3.12. The molecule has 90 valence electrons. The van der Waals surface area contributed by atoms with Crippen molar-refractivity contribution < 1.29 is 0 Å². The second-order valence-corrected chi connectivity index (χ2v) is 6.07. The van der Waals surface area contributed by atoms with Crippen LogP contribution in [0.1, 0.15) is 12.8 Å². The Morgan fingerprint density at radius 2 is 2.35 bits per heavy atom. The van der Waals surface area contributed by atoms with Gasteiger partial charge in [-0.05, 0) is 30.1 Å². The van der Waals surface area contributed by atoms with Crippen molar-refractivity contribution in [2.75, 3.05) is 18.0 Å². The van der Waals surface area contributed by atoms with E-state index in [0.717, 1.165) is 24.7 Å². The van der Waals surface area contributed by atoms with Crippen molar-refractivity contribution in [3.8, 4) is 0 Å². The van der Waals surface area contributed by atoms with Gasteiger partial charge in [0.2, 0.25) is 0 Å². The van der Waals surface area contributed by atoms with Gasteiger partial charge in [0.25, 0.3) is 0 Å². The van der Waals surface area contributed by atoms with Crippen molar-refractivity contribution in [3.05, 3.63) is 17.4 Å². The summed E-state index contributed by atoms with van der Waals surface area (Å²) < 4.78 is 0. The summed E-state index contributed by atoms with van der Waals surface area (Å²) in [6.07, 6.45) is 4.46. The Bertz CT molecular complexity index is 479. The molecule has 4 atom stereocenters. The highest BCUT2D eigenvalue weighted by molar-refractivity contribution is 6.29. The van der Waals surface area contributed by atoms with Crippen LogP contribution in [0.2, 0.25) is 5.15 Å². The van der Waals surface area contributed by atoms with E-state index in [-0.39, 0.29) is 0 Å². The molecule has 4 nitrogen and oxygen atoms in total. The second-order valence-electron chi connectivity index (χ2n) is 5.68. The number of hydrogen-bond acceptors (Lipinski definition) is 4. The highest BCUT2D eigenvalue weighted by Gasteiger charge is 2.68. The van der Waals surface area contributed by atoms with Crippen LogP contribution in [0.3, 0.4) is 0 Å². The van der Waals surface area contributed by atoms with E-state index in [1.165, 1.54) is 12.8 Å². The topological polar surface area (TPSA) is 55.0 Å². The monoisotopic (exact) mass is 250 g/mol. The minimum Gasteiger partial charge on any atom is -0.369 e. The van der Waals surface area contributed by atoms with Gasteiger partial charge in [0, 0.05) is 25.2 Å². The fourth-order valence-corrected chi connectivity index (χ4v) is 4.39. The molecule has 1 saturated heterocycles. The molecule has 0 amide bonds. The van der Waals surface area contributed by atoms with E-state index in [2.05, 4.69) is 15.1 Å². The van der Waals surface area contributed by atoms with Gasteiger partial charge in [0.15, 0.2) is 5.15 Å². The molecule has 2 N–H and O–H groups in total. The average molecular weight is 251 g/mol. The maximum absolute atomic E-state index is 6.23. The number of aromatic nitrogens is 2. The van der Waals surface area contributed by atoms with E-state index in [9.17, 15) is 0 Å². The lowest BCUT2D eigenvalue weighted by Crippen LogP contribution is -2.69. The molecule has 1 aliphatic heterocycles. The summed E-state index contributed by atoms with van der Waals surface area (Å²) in [5.74, 6) is 1.44. The van der Waals surface area contributed by atoms with Gasteiger partial charge in [-0.25, -0.2) is 0 Å². The number of anilines is 1. The van der Waals surface area contributed by atoms with Crippen LogP contribution in [0, 0.1) is 17.3 Å². The molecule has 0 radical (unpaired) electrons. The predicted molar refractivity (Wildman–Crippen MR) is 65.9 cm³/mol. The van der Waals surface area contributed by atoms with Gasteiger partial charge >= 0.3 is 0 Å². The normalized spacial score (nSPS) is 42.5. The Morgan fingerprint density at radius 1 is 1.47 bits per heavy atom. The predicted octanol–water partition coefficient (Wildman–Crippen LogP) is 1.30. The molecular weight excluding hydrogens is 236 g/mol. The van der Waals surface area contributed by atoms with Gasteiger partial charge in [-0.3, -0.25) is 0 Å². The molecule has 3 fully saturated rings. The zero-order chi connectivity index (χ0) is 11.6. The van der Waals surface area contributed by atoms with E-state index >= 15 is 0 Å². The van der Waals surface area contributed by atoms with Crippen molar-refractivity contribution in [1.29, 1.82) is 0 Å². The Kier molecular flexibility index (Phi) is 1.85. The van der Waals surface area contributed by atoms with Crippen LogP contribution in [0.5, 0.6) is 0 Å². The number of rotatable bonds is 1. The Morgan fingerprint density at radius 3 is 3.00 bits per heavy atom. The third-order valence-electron chi connectivity index (χ3n) is 5.20. The fourth-order valence-electron chi connectivity index (χ4n) is 4.24. The molecule has 4 rings (SSSR count). The number of hydrogen-bond donors (Lipinski definition) is 1. The van der Waals surface area contributed by atoms with E-state index in [4.69, 9.17) is 17.3 Å². The van der Waals surface area contributed by atoms with Crippen LogP contribution < -0.4 is 10.6 Å². The van der Waals surface area contributed by atoms with Crippen molar-refractivity contribution in [3.63, 3.8) is 0 Å². The van der Waals surface area contributed by atoms with Crippen LogP contribution in [0.15, 0.2) is 12.3 Å². The Labute approximate surface area is 105 Å². The summed E-state index contributed by atoms with van der Waals surface area (Å²) in [6.45, 7) is 2.18. The summed E-state index contributed by atoms with van der Waals surface area (Å²) in [6, 6.07) is 2.31. The van der Waals surface area contributed by atoms with Crippen LogP contribution >= 0.6 is 11.6 Å². The molecule has 0 bridgehead atoms. The smallest absolute Gasteiger partial charge is 0.153 e. The van der Waals surface area contributed by atoms with Crippen LogP contribution in [0.25, 0.3) is 0 Å². The Balaban J connectivity index is 1.63. The van der Waals surface area contributed by atoms with Gasteiger partial charge in [-0.15, -0.1) is 5.10 Å². The van der Waals surface area contributed by atoms with E-state index in [1.54, 1.807) is 6.20 Å². The Hall–Kier alpha value is -0.870. The number of nitrogens with zero attached hydrogens (tertiary/aromatic N) is 3. The van der Waals surface area contributed by atoms with Gasteiger partial charge in [0.1, 0.15) is 0 Å². The van der Waals surface area contributed by atoms with Gasteiger partial charge in [-0.2, -0.15) is 5.10 Å². The standard InChI is InChI=1S/C12H15ClN4/c13-10-3-7(4-15-16-10)17-5-9-11(14)8-1-2-12(8,9)6-17/h3-4,8-9,11H,1-2,5-6,14H2/t8?,9-,11+,12?/m0/s1. The summed E-state index contributed by atoms with van der Waals surface area (Å²) in [5.41, 5.74) is 7.85. The summed E-state index contributed by atoms with van der Waals surface area (Å²) in [4.78, 5) is 2.38. The molecule has 0 aromatic carbocycles. The zero-order valence-electron chi connectivity index (χ0n) is 9.51. The third-order valence-corrected chi connectivity index (χ3v) is 5.39. The molecule has 1 aromatic heterocycles. The van der Waals surface area contributed by atoms with Crippen molar-refractivity contribution in [2.45, 2.75) is 18.9 Å². The molecule has 2 aliphatic carbocycles. The van der Waals surface area contributed by atoms with Gasteiger partial charge < -0.3 is 10.6 Å². The summed E-state index contributed by atoms with van der Waals surface area (Å²) in [7, 11) is 0. The van der Waals surface area contributed by atoms with Crippen molar-refractivity contribution in [2.24, 2.45) is 23.0 Å². The lowest BCUT2D eigenvalue weighted by Gasteiger charge is -2.64. The molecular formula is C12H15ClN4. The highest BCUT2D eigenvalue weighted by atomic mass is 35.5. The minimum atomic E-state index is 0.416. The zero-order valence-corrected chi connectivity index (χ0v) is 10.3. The van der Waals surface area contributed by atoms with Gasteiger partial charge in [0.05, 0.1) is 11.9 Å². The summed E-state index contributed by atoms with van der Waals surface area (Å²) in [5, 5.41) is 8.18. The quantitative estimate of drug-likeness (QED) is 0.817. The van der Waals surface area contributed by atoms with Crippen molar-refractivity contribution >= 4 is 17.3 Å². The van der Waals surface area contributed by atoms with Crippen LogP contribution in [0.4, 0.5) is 5.69 Å². The SMILES string of the molecule is N[C@@H]1C2CCC23CN(c2cnnc(Cl)c2)C[C@@H]13. The first-order valence-electron chi connectivity index (χ1n) is 6.19. The molecule has 3 aliphatic rings. The summed E-state index contributed by atoms with van der Waals surface area (Å²) >= 11 is 5.89. The largest absolute Gasteiger partial charge is 0.369 e. The average Bonchev–Trinajstić information content (AvgIpc) is 2.68. The maximum Gasteiger partial charge on any atom is 0.153 e. The van der Waals surface area contributed by atoms with Crippen LogP contribution in [-0.2, 0) is 0 Å². The first-order valence-corrected chi connectivity index (χ1v) is 6.57. The highest BCUT2D eigenvalue weighted by Crippen LogP contribution is 2.67. The molecule has 17 heavy (non-hydrogen) atoms. The first-order chi connectivity index (χ1) is 8.21. The maximum atomic E-state index is 6.23. The van der Waals surface area contributed by atoms with E-state index < -0.39 is 0 Å². The molecule has 2 unspecified atom stereocenters. The number of halogens is 1. The first kappa shape index (κ1) is 10.1. The molecule has 2 saturated carbocycles. The third kappa shape index (κ3) is 1.13. The lowest BCUT2D eigenvalue weighted by molar-refractivity contribution is -0.125. The minimum absolute atomic E-state index is 0.416. The number of nitrogens with two attached hydrogens (primary N) is 1. The molecule has 1 aromatic rings. The lowest BCUT2D eigenvalue weighted by atomic mass is 9.41. The van der Waals surface area contributed by atoms with E-state index in [1.807, 2.05) is 6.07 Å². The van der Waals surface area contributed by atoms with E-state index in [0.29, 0.717) is 22.5 Å². The molecule has 2 heterocycles.